The summed E-state index contributed by atoms with van der Waals surface area (Å²) >= 11 is 1.64. The van der Waals surface area contributed by atoms with E-state index in [4.69, 9.17) is 4.74 Å². The Labute approximate surface area is 164 Å². The number of carbonyl (C=O) groups is 2. The molecule has 1 aliphatic rings. The highest BCUT2D eigenvalue weighted by atomic mass is 32.2. The van der Waals surface area contributed by atoms with Crippen molar-refractivity contribution in [1.82, 2.24) is 4.90 Å². The van der Waals surface area contributed by atoms with E-state index in [-0.39, 0.29) is 17.2 Å². The second kappa shape index (κ2) is 8.61. The molecule has 2 aromatic carbocycles. The van der Waals surface area contributed by atoms with Crippen LogP contribution >= 0.6 is 11.8 Å². The van der Waals surface area contributed by atoms with Gasteiger partial charge in [0.25, 0.3) is 0 Å². The van der Waals surface area contributed by atoms with Crippen molar-refractivity contribution in [2.45, 2.75) is 38.2 Å². The van der Waals surface area contributed by atoms with Gasteiger partial charge < -0.3 is 4.74 Å². The standard InChI is InChI=1S/C22H25NO3S/c1-22(2)14-20(24)23(21(25)15-22)12-13-27-19-10-8-18(9-11-19)26-16-17-6-4-3-5-7-17/h3-11H,12-16H2,1-2H3. The number of imide groups is 1. The SMILES string of the molecule is CC1(C)CC(=O)N(CCSc2ccc(OCc3ccccc3)cc2)C(=O)C1. The number of amides is 2. The van der Waals surface area contributed by atoms with E-state index in [0.29, 0.717) is 31.7 Å². The maximum absolute atomic E-state index is 12.2. The number of rotatable bonds is 7. The second-order valence-electron chi connectivity index (χ2n) is 7.55. The first kappa shape index (κ1) is 19.5. The Morgan fingerprint density at radius 1 is 0.963 bits per heavy atom. The molecule has 0 bridgehead atoms. The van der Waals surface area contributed by atoms with Crippen LogP contribution in [0.3, 0.4) is 0 Å². The first-order valence-corrected chi connectivity index (χ1v) is 10.1. The second-order valence-corrected chi connectivity index (χ2v) is 8.72. The fourth-order valence-electron chi connectivity index (χ4n) is 3.09. The molecule has 1 saturated heterocycles. The molecule has 1 aliphatic heterocycles. The Morgan fingerprint density at radius 2 is 1.59 bits per heavy atom. The van der Waals surface area contributed by atoms with Crippen molar-refractivity contribution in [3.63, 3.8) is 0 Å². The summed E-state index contributed by atoms with van der Waals surface area (Å²) in [6.07, 6.45) is 0.883. The van der Waals surface area contributed by atoms with E-state index in [9.17, 15) is 9.59 Å². The van der Waals surface area contributed by atoms with Crippen LogP contribution in [0, 0.1) is 5.41 Å². The minimum Gasteiger partial charge on any atom is -0.489 e. The van der Waals surface area contributed by atoms with E-state index < -0.39 is 0 Å². The van der Waals surface area contributed by atoms with Gasteiger partial charge in [-0.3, -0.25) is 14.5 Å². The molecule has 1 heterocycles. The van der Waals surface area contributed by atoms with Crippen LogP contribution in [0.4, 0.5) is 0 Å². The molecule has 0 aliphatic carbocycles. The Hall–Kier alpha value is -2.27. The first-order valence-electron chi connectivity index (χ1n) is 9.16. The molecule has 1 fully saturated rings. The van der Waals surface area contributed by atoms with E-state index in [0.717, 1.165) is 16.2 Å². The molecule has 2 amide bonds. The summed E-state index contributed by atoms with van der Waals surface area (Å²) in [5, 5.41) is 0. The third-order valence-electron chi connectivity index (χ3n) is 4.52. The molecule has 27 heavy (non-hydrogen) atoms. The minimum absolute atomic E-state index is 0.0542. The number of ether oxygens (including phenoxy) is 1. The summed E-state index contributed by atoms with van der Waals surface area (Å²) < 4.78 is 5.79. The normalized spacial score (nSPS) is 16.4. The number of benzene rings is 2. The molecule has 5 heteroatoms. The van der Waals surface area contributed by atoms with Gasteiger partial charge in [-0.2, -0.15) is 0 Å². The number of piperidine rings is 1. The van der Waals surface area contributed by atoms with Gasteiger partial charge in [-0.25, -0.2) is 0 Å². The average molecular weight is 384 g/mol. The lowest BCUT2D eigenvalue weighted by atomic mass is 9.82. The van der Waals surface area contributed by atoms with E-state index in [1.54, 1.807) is 11.8 Å². The van der Waals surface area contributed by atoms with Gasteiger partial charge >= 0.3 is 0 Å². The van der Waals surface area contributed by atoms with E-state index in [1.807, 2.05) is 68.4 Å². The fraction of sp³-hybridized carbons (Fsp3) is 0.364. The topological polar surface area (TPSA) is 46.6 Å². The van der Waals surface area contributed by atoms with Crippen LogP contribution in [0.1, 0.15) is 32.3 Å². The van der Waals surface area contributed by atoms with E-state index >= 15 is 0 Å². The molecule has 0 radical (unpaired) electrons. The van der Waals surface area contributed by atoms with Crippen LogP contribution in [-0.4, -0.2) is 29.0 Å². The summed E-state index contributed by atoms with van der Waals surface area (Å²) in [6, 6.07) is 18.0. The molecule has 4 nitrogen and oxygen atoms in total. The van der Waals surface area contributed by atoms with Gasteiger partial charge in [-0.05, 0) is 35.2 Å². The average Bonchev–Trinajstić information content (AvgIpc) is 2.63. The van der Waals surface area contributed by atoms with Crippen molar-refractivity contribution >= 4 is 23.6 Å². The molecule has 0 saturated carbocycles. The summed E-state index contributed by atoms with van der Waals surface area (Å²) in [4.78, 5) is 26.9. The van der Waals surface area contributed by atoms with Gasteiger partial charge in [0, 0.05) is 30.0 Å². The molecule has 0 aromatic heterocycles. The van der Waals surface area contributed by atoms with Gasteiger partial charge in [-0.15, -0.1) is 11.8 Å². The molecule has 0 atom stereocenters. The fourth-order valence-corrected chi connectivity index (χ4v) is 3.93. The van der Waals surface area contributed by atoms with Crippen molar-refractivity contribution in [2.75, 3.05) is 12.3 Å². The minimum atomic E-state index is -0.215. The highest BCUT2D eigenvalue weighted by Gasteiger charge is 2.36. The van der Waals surface area contributed by atoms with Crippen molar-refractivity contribution < 1.29 is 14.3 Å². The molecule has 0 N–H and O–H groups in total. The third-order valence-corrected chi connectivity index (χ3v) is 5.51. The molecule has 142 valence electrons. The van der Waals surface area contributed by atoms with Crippen LogP contribution < -0.4 is 4.74 Å². The summed E-state index contributed by atoms with van der Waals surface area (Å²) in [5.74, 6) is 1.41. The summed E-state index contributed by atoms with van der Waals surface area (Å²) in [5.41, 5.74) is 0.919. The highest BCUT2D eigenvalue weighted by molar-refractivity contribution is 7.99. The molecule has 3 rings (SSSR count). The van der Waals surface area contributed by atoms with Gasteiger partial charge in [0.1, 0.15) is 12.4 Å². The zero-order chi connectivity index (χ0) is 19.3. The number of likely N-dealkylation sites (tertiary alicyclic amines) is 1. The monoisotopic (exact) mass is 383 g/mol. The van der Waals surface area contributed by atoms with Gasteiger partial charge in [0.15, 0.2) is 0 Å². The van der Waals surface area contributed by atoms with E-state index in [2.05, 4.69) is 0 Å². The van der Waals surface area contributed by atoms with Crippen LogP contribution in [0.5, 0.6) is 5.75 Å². The van der Waals surface area contributed by atoms with Gasteiger partial charge in [0.2, 0.25) is 11.8 Å². The van der Waals surface area contributed by atoms with Crippen molar-refractivity contribution in [3.8, 4) is 5.75 Å². The number of carbonyl (C=O) groups excluding carboxylic acids is 2. The third kappa shape index (κ3) is 5.60. The highest BCUT2D eigenvalue weighted by Crippen LogP contribution is 2.32. The van der Waals surface area contributed by atoms with Crippen LogP contribution in [0.15, 0.2) is 59.5 Å². The number of hydrogen-bond acceptors (Lipinski definition) is 4. The zero-order valence-corrected chi connectivity index (χ0v) is 16.6. The van der Waals surface area contributed by atoms with Gasteiger partial charge in [-0.1, -0.05) is 44.2 Å². The van der Waals surface area contributed by atoms with Crippen LogP contribution in [0.25, 0.3) is 0 Å². The van der Waals surface area contributed by atoms with E-state index in [1.165, 1.54) is 4.90 Å². The predicted molar refractivity (Wildman–Crippen MR) is 108 cm³/mol. The number of nitrogens with zero attached hydrogens (tertiary/aromatic N) is 1. The first-order chi connectivity index (χ1) is 12.9. The largest absolute Gasteiger partial charge is 0.489 e. The van der Waals surface area contributed by atoms with Crippen LogP contribution in [-0.2, 0) is 16.2 Å². The molecule has 2 aromatic rings. The molecule has 0 spiro atoms. The summed E-state index contributed by atoms with van der Waals surface area (Å²) in [7, 11) is 0. The van der Waals surface area contributed by atoms with Crippen molar-refractivity contribution in [3.05, 3.63) is 60.2 Å². The zero-order valence-electron chi connectivity index (χ0n) is 15.8. The van der Waals surface area contributed by atoms with Gasteiger partial charge in [0.05, 0.1) is 0 Å². The lowest BCUT2D eigenvalue weighted by molar-refractivity contribution is -0.152. The Morgan fingerprint density at radius 3 is 2.22 bits per heavy atom. The number of hydrogen-bond donors (Lipinski definition) is 0. The summed E-state index contributed by atoms with van der Waals surface area (Å²) in [6.45, 7) is 4.94. The van der Waals surface area contributed by atoms with Crippen molar-refractivity contribution in [2.24, 2.45) is 5.41 Å². The quantitative estimate of drug-likeness (QED) is 0.520. The Bertz CT molecular complexity index is 767. The Kier molecular flexibility index (Phi) is 6.22. The molecular formula is C22H25NO3S. The maximum atomic E-state index is 12.2. The smallest absolute Gasteiger partial charge is 0.229 e. The van der Waals surface area contributed by atoms with Crippen LogP contribution in [0.2, 0.25) is 0 Å². The molecular weight excluding hydrogens is 358 g/mol. The molecule has 0 unspecified atom stereocenters. The lowest BCUT2D eigenvalue weighted by Crippen LogP contribution is -2.46. The predicted octanol–water partition coefficient (Wildman–Crippen LogP) is 4.53. The lowest BCUT2D eigenvalue weighted by Gasteiger charge is -2.34. The van der Waals surface area contributed by atoms with Crippen molar-refractivity contribution in [1.29, 1.82) is 0 Å². The number of thioether (sulfide) groups is 1. The Balaban J connectivity index is 1.45. The maximum Gasteiger partial charge on any atom is 0.229 e.